The quantitative estimate of drug-likeness (QED) is 0.457. The highest BCUT2D eigenvalue weighted by atomic mass is 127. The lowest BCUT2D eigenvalue weighted by atomic mass is 10.1. The minimum Gasteiger partial charge on any atom is -0.467 e. The van der Waals surface area contributed by atoms with E-state index in [4.69, 9.17) is 4.74 Å². The number of benzene rings is 2. The fraction of sp³-hybridized carbons (Fsp3) is 0.167. The van der Waals surface area contributed by atoms with Crippen LogP contribution in [0, 0.1) is 3.70 Å². The van der Waals surface area contributed by atoms with Crippen molar-refractivity contribution in [3.05, 3.63) is 69.9 Å². The van der Waals surface area contributed by atoms with Crippen LogP contribution in [0.2, 0.25) is 0 Å². The van der Waals surface area contributed by atoms with Gasteiger partial charge in [-0.3, -0.25) is 0 Å². The van der Waals surface area contributed by atoms with Gasteiger partial charge in [0, 0.05) is 12.0 Å². The fourth-order valence-electron chi connectivity index (χ4n) is 2.50. The molecule has 2 aromatic carbocycles. The van der Waals surface area contributed by atoms with Crippen LogP contribution in [0.5, 0.6) is 0 Å². The zero-order valence-corrected chi connectivity index (χ0v) is 15.3. The molecular formula is C18H16IN3O2. The van der Waals surface area contributed by atoms with E-state index < -0.39 is 6.04 Å². The lowest BCUT2D eigenvalue weighted by molar-refractivity contribution is -0.145. The maximum atomic E-state index is 12.3. The van der Waals surface area contributed by atoms with Gasteiger partial charge in [0.2, 0.25) is 0 Å². The van der Waals surface area contributed by atoms with E-state index in [0.717, 1.165) is 20.5 Å². The standard InChI is InChI=1S/C18H16IN3O2/c1-24-18(23)15(12-13-8-4-2-5-9-13)22-17(19)16(20-21-22)14-10-6-3-7-11-14/h2-11,15H,12H2,1H3. The first-order valence-electron chi connectivity index (χ1n) is 7.48. The molecule has 0 saturated heterocycles. The molecule has 0 aliphatic carbocycles. The molecule has 3 rings (SSSR count). The van der Waals surface area contributed by atoms with Crippen LogP contribution >= 0.6 is 22.6 Å². The molecule has 0 aliphatic rings. The maximum Gasteiger partial charge on any atom is 0.331 e. The average Bonchev–Trinajstić information content (AvgIpc) is 3.02. The highest BCUT2D eigenvalue weighted by Gasteiger charge is 2.27. The SMILES string of the molecule is COC(=O)C(Cc1ccccc1)n1nnc(-c2ccccc2)c1I. The molecule has 3 aromatic rings. The first-order chi connectivity index (χ1) is 11.7. The zero-order valence-electron chi connectivity index (χ0n) is 13.1. The first kappa shape index (κ1) is 16.6. The molecule has 1 unspecified atom stereocenters. The first-order valence-corrected chi connectivity index (χ1v) is 8.56. The smallest absolute Gasteiger partial charge is 0.331 e. The summed E-state index contributed by atoms with van der Waals surface area (Å²) < 4.78 is 7.43. The molecule has 1 aromatic heterocycles. The van der Waals surface area contributed by atoms with Gasteiger partial charge in [-0.1, -0.05) is 65.9 Å². The molecule has 0 spiro atoms. The summed E-state index contributed by atoms with van der Waals surface area (Å²) in [6.07, 6.45) is 0.501. The van der Waals surface area contributed by atoms with Gasteiger partial charge >= 0.3 is 5.97 Å². The Morgan fingerprint density at radius 1 is 1.12 bits per heavy atom. The molecule has 24 heavy (non-hydrogen) atoms. The number of nitrogens with zero attached hydrogens (tertiary/aromatic N) is 3. The topological polar surface area (TPSA) is 57.0 Å². The Morgan fingerprint density at radius 2 is 1.75 bits per heavy atom. The van der Waals surface area contributed by atoms with Gasteiger partial charge in [-0.15, -0.1) is 5.10 Å². The summed E-state index contributed by atoms with van der Waals surface area (Å²) >= 11 is 2.18. The molecule has 0 radical (unpaired) electrons. The Bertz CT molecular complexity index is 819. The minimum atomic E-state index is -0.547. The number of carbonyl (C=O) groups excluding carboxylic acids is 1. The number of methoxy groups -OCH3 is 1. The van der Waals surface area contributed by atoms with Crippen molar-refractivity contribution >= 4 is 28.6 Å². The predicted molar refractivity (Wildman–Crippen MR) is 99.4 cm³/mol. The minimum absolute atomic E-state index is 0.332. The lowest BCUT2D eigenvalue weighted by Gasteiger charge is -2.15. The van der Waals surface area contributed by atoms with Gasteiger partial charge in [-0.25, -0.2) is 9.48 Å². The van der Waals surface area contributed by atoms with Crippen LogP contribution in [-0.4, -0.2) is 28.1 Å². The molecule has 0 saturated carbocycles. The summed E-state index contributed by atoms with van der Waals surface area (Å²) in [5.41, 5.74) is 2.77. The third kappa shape index (κ3) is 3.48. The van der Waals surface area contributed by atoms with Crippen LogP contribution in [-0.2, 0) is 16.0 Å². The Hall–Kier alpha value is -2.22. The third-order valence-electron chi connectivity index (χ3n) is 3.73. The molecule has 0 bridgehead atoms. The molecule has 0 fully saturated rings. The van der Waals surface area contributed by atoms with E-state index in [2.05, 4.69) is 32.9 Å². The molecule has 0 amide bonds. The Balaban J connectivity index is 1.97. The monoisotopic (exact) mass is 433 g/mol. The second-order valence-electron chi connectivity index (χ2n) is 5.27. The van der Waals surface area contributed by atoms with E-state index in [1.165, 1.54) is 7.11 Å². The van der Waals surface area contributed by atoms with Gasteiger partial charge in [0.05, 0.1) is 7.11 Å². The largest absolute Gasteiger partial charge is 0.467 e. The van der Waals surface area contributed by atoms with Crippen LogP contribution < -0.4 is 0 Å². The van der Waals surface area contributed by atoms with Crippen LogP contribution in [0.3, 0.4) is 0 Å². The number of rotatable bonds is 5. The van der Waals surface area contributed by atoms with Crippen molar-refractivity contribution in [1.82, 2.24) is 15.0 Å². The number of esters is 1. The van der Waals surface area contributed by atoms with Gasteiger partial charge in [-0.05, 0) is 28.2 Å². The molecule has 122 valence electrons. The Labute approximate surface area is 153 Å². The van der Waals surface area contributed by atoms with Gasteiger partial charge < -0.3 is 4.74 Å². The van der Waals surface area contributed by atoms with Gasteiger partial charge in [0.1, 0.15) is 9.39 Å². The van der Waals surface area contributed by atoms with E-state index >= 15 is 0 Å². The Morgan fingerprint density at radius 3 is 2.38 bits per heavy atom. The molecule has 0 N–H and O–H groups in total. The molecule has 1 atom stereocenters. The van der Waals surface area contributed by atoms with E-state index in [1.54, 1.807) is 4.68 Å². The van der Waals surface area contributed by atoms with Gasteiger partial charge in [-0.2, -0.15) is 0 Å². The van der Waals surface area contributed by atoms with Crippen molar-refractivity contribution in [2.24, 2.45) is 0 Å². The zero-order chi connectivity index (χ0) is 16.9. The van der Waals surface area contributed by atoms with E-state index in [-0.39, 0.29) is 5.97 Å². The summed E-state index contributed by atoms with van der Waals surface area (Å²) in [7, 11) is 1.39. The van der Waals surface area contributed by atoms with Crippen LogP contribution in [0.25, 0.3) is 11.3 Å². The van der Waals surface area contributed by atoms with Gasteiger partial charge in [0.15, 0.2) is 6.04 Å². The normalized spacial score (nSPS) is 11.9. The second kappa shape index (κ2) is 7.57. The van der Waals surface area contributed by atoms with Crippen molar-refractivity contribution in [1.29, 1.82) is 0 Å². The van der Waals surface area contributed by atoms with Crippen molar-refractivity contribution in [3.63, 3.8) is 0 Å². The Kier molecular flexibility index (Phi) is 5.24. The number of aromatic nitrogens is 3. The number of carbonyl (C=O) groups is 1. The van der Waals surface area contributed by atoms with Crippen molar-refractivity contribution < 1.29 is 9.53 Å². The summed E-state index contributed by atoms with van der Waals surface area (Å²) in [6.45, 7) is 0. The van der Waals surface area contributed by atoms with Crippen molar-refractivity contribution in [2.45, 2.75) is 12.5 Å². The fourth-order valence-corrected chi connectivity index (χ4v) is 3.35. The van der Waals surface area contributed by atoms with E-state index in [9.17, 15) is 4.79 Å². The molecule has 1 heterocycles. The van der Waals surface area contributed by atoms with Crippen molar-refractivity contribution in [3.8, 4) is 11.3 Å². The molecular weight excluding hydrogens is 417 g/mol. The summed E-state index contributed by atoms with van der Waals surface area (Å²) in [6, 6.07) is 19.1. The number of hydrogen-bond acceptors (Lipinski definition) is 4. The summed E-state index contributed by atoms with van der Waals surface area (Å²) in [5.74, 6) is -0.332. The van der Waals surface area contributed by atoms with Crippen molar-refractivity contribution in [2.75, 3.05) is 7.11 Å². The van der Waals surface area contributed by atoms with Crippen LogP contribution in [0.15, 0.2) is 60.7 Å². The maximum absolute atomic E-state index is 12.3. The highest BCUT2D eigenvalue weighted by Crippen LogP contribution is 2.26. The highest BCUT2D eigenvalue weighted by molar-refractivity contribution is 14.1. The molecule has 0 aliphatic heterocycles. The lowest BCUT2D eigenvalue weighted by Crippen LogP contribution is -2.25. The molecule has 5 nitrogen and oxygen atoms in total. The second-order valence-corrected chi connectivity index (χ2v) is 6.29. The summed E-state index contributed by atoms with van der Waals surface area (Å²) in [4.78, 5) is 12.3. The van der Waals surface area contributed by atoms with Crippen LogP contribution in [0.4, 0.5) is 0 Å². The average molecular weight is 433 g/mol. The van der Waals surface area contributed by atoms with Crippen LogP contribution in [0.1, 0.15) is 11.6 Å². The van der Waals surface area contributed by atoms with Gasteiger partial charge in [0.25, 0.3) is 0 Å². The molecule has 6 heteroatoms. The number of hydrogen-bond donors (Lipinski definition) is 0. The summed E-state index contributed by atoms with van der Waals surface area (Å²) in [5, 5.41) is 8.48. The van der Waals surface area contributed by atoms with E-state index in [1.807, 2.05) is 60.7 Å². The number of halogens is 1. The third-order valence-corrected chi connectivity index (χ3v) is 4.73. The predicted octanol–water partition coefficient (Wildman–Crippen LogP) is 3.51. The number of ether oxygens (including phenoxy) is 1. The van der Waals surface area contributed by atoms with E-state index in [0.29, 0.717) is 6.42 Å².